The minimum atomic E-state index is -0.111. The molecule has 118 valence electrons. The topological polar surface area (TPSA) is 54.5 Å². The van der Waals surface area contributed by atoms with E-state index in [4.69, 9.17) is 16.3 Å². The van der Waals surface area contributed by atoms with Crippen LogP contribution >= 0.6 is 22.9 Å². The number of carbonyl (C=O) groups is 1. The third-order valence-electron chi connectivity index (χ3n) is 2.69. The van der Waals surface area contributed by atoms with Gasteiger partial charge in [0.25, 0.3) is 0 Å². The van der Waals surface area contributed by atoms with Crippen LogP contribution in [0.25, 0.3) is 0 Å². The number of nitrogens with zero attached hydrogens (tertiary/aromatic N) is 2. The highest BCUT2D eigenvalue weighted by molar-refractivity contribution is 7.13. The first-order valence-corrected chi connectivity index (χ1v) is 8.06. The summed E-state index contributed by atoms with van der Waals surface area (Å²) in [4.78, 5) is 18.2. The molecule has 1 amide bonds. The molecule has 1 N–H and O–H groups in total. The fraction of sp³-hybridized carbons (Fsp3) is 0.333. The van der Waals surface area contributed by atoms with Gasteiger partial charge in [0.1, 0.15) is 5.75 Å². The van der Waals surface area contributed by atoms with Crippen molar-refractivity contribution in [3.05, 3.63) is 40.4 Å². The lowest BCUT2D eigenvalue weighted by Gasteiger charge is -2.06. The van der Waals surface area contributed by atoms with Crippen LogP contribution in [-0.2, 0) is 11.3 Å². The first-order chi connectivity index (χ1) is 10.5. The molecule has 0 unspecified atom stereocenters. The Balaban J connectivity index is 1.73. The molecule has 0 atom stereocenters. The third-order valence-corrected chi connectivity index (χ3v) is 3.75. The molecule has 1 heterocycles. The van der Waals surface area contributed by atoms with Gasteiger partial charge in [-0.1, -0.05) is 11.6 Å². The van der Waals surface area contributed by atoms with Crippen LogP contribution < -0.4 is 10.1 Å². The van der Waals surface area contributed by atoms with Gasteiger partial charge in [-0.05, 0) is 38.4 Å². The largest absolute Gasteiger partial charge is 0.493 e. The highest BCUT2D eigenvalue weighted by Gasteiger charge is 2.07. The van der Waals surface area contributed by atoms with Crippen molar-refractivity contribution in [3.8, 4) is 5.75 Å². The molecule has 2 aromatic rings. The first-order valence-electron chi connectivity index (χ1n) is 6.80. The smallest absolute Gasteiger partial charge is 0.229 e. The first kappa shape index (κ1) is 16.7. The van der Waals surface area contributed by atoms with Crippen LogP contribution in [0.4, 0.5) is 5.13 Å². The number of carbonyl (C=O) groups excluding carboxylic acids is 1. The number of nitrogens with one attached hydrogen (secondary N) is 1. The van der Waals surface area contributed by atoms with Crippen molar-refractivity contribution in [1.29, 1.82) is 0 Å². The highest BCUT2D eigenvalue weighted by atomic mass is 35.5. The molecule has 2 rings (SSSR count). The number of hydrogen-bond acceptors (Lipinski definition) is 5. The van der Waals surface area contributed by atoms with Gasteiger partial charge in [-0.25, -0.2) is 4.98 Å². The molecular weight excluding hydrogens is 322 g/mol. The maximum atomic E-state index is 11.8. The van der Waals surface area contributed by atoms with Gasteiger partial charge >= 0.3 is 0 Å². The molecule has 0 saturated heterocycles. The number of thiazole rings is 1. The van der Waals surface area contributed by atoms with Crippen LogP contribution in [0.15, 0.2) is 29.6 Å². The fourth-order valence-electron chi connectivity index (χ4n) is 1.74. The van der Waals surface area contributed by atoms with Gasteiger partial charge in [-0.3, -0.25) is 4.79 Å². The van der Waals surface area contributed by atoms with Crippen LogP contribution in [0.5, 0.6) is 5.75 Å². The Labute approximate surface area is 138 Å². The van der Waals surface area contributed by atoms with Crippen LogP contribution in [0.3, 0.4) is 0 Å². The minimum Gasteiger partial charge on any atom is -0.493 e. The summed E-state index contributed by atoms with van der Waals surface area (Å²) in [5.74, 6) is 0.583. The number of rotatable bonds is 7. The van der Waals surface area contributed by atoms with Crippen molar-refractivity contribution in [2.24, 2.45) is 0 Å². The van der Waals surface area contributed by atoms with E-state index in [1.807, 2.05) is 24.4 Å². The minimum absolute atomic E-state index is 0.111. The van der Waals surface area contributed by atoms with Crippen LogP contribution in [-0.4, -0.2) is 36.5 Å². The summed E-state index contributed by atoms with van der Waals surface area (Å²) in [6, 6.07) is 7.04. The number of amides is 1. The zero-order chi connectivity index (χ0) is 15.9. The summed E-state index contributed by atoms with van der Waals surface area (Å²) in [6.45, 7) is 1.06. The van der Waals surface area contributed by atoms with Crippen LogP contribution in [0, 0.1) is 0 Å². The lowest BCUT2D eigenvalue weighted by Crippen LogP contribution is -2.15. The molecule has 22 heavy (non-hydrogen) atoms. The number of anilines is 1. The highest BCUT2D eigenvalue weighted by Crippen LogP contribution is 2.17. The maximum absolute atomic E-state index is 11.8. The molecule has 0 spiro atoms. The van der Waals surface area contributed by atoms with Crippen LogP contribution in [0.1, 0.15) is 12.1 Å². The molecule has 1 aromatic heterocycles. The predicted molar refractivity (Wildman–Crippen MR) is 89.7 cm³/mol. The molecule has 0 aliphatic carbocycles. The number of ether oxygens (including phenoxy) is 1. The molecule has 0 bridgehead atoms. The van der Waals surface area contributed by atoms with Gasteiger partial charge in [-0.2, -0.15) is 0 Å². The Morgan fingerprint density at radius 2 is 2.09 bits per heavy atom. The van der Waals surface area contributed by atoms with Gasteiger partial charge in [-0.15, -0.1) is 11.3 Å². The quantitative estimate of drug-likeness (QED) is 0.841. The van der Waals surface area contributed by atoms with Gasteiger partial charge < -0.3 is 15.0 Å². The Morgan fingerprint density at radius 3 is 2.77 bits per heavy atom. The molecule has 5 nitrogen and oxygen atoms in total. The molecule has 0 fully saturated rings. The molecule has 0 aliphatic rings. The monoisotopic (exact) mass is 339 g/mol. The van der Waals surface area contributed by atoms with E-state index in [0.717, 1.165) is 12.2 Å². The van der Waals surface area contributed by atoms with E-state index in [-0.39, 0.29) is 12.3 Å². The molecule has 7 heteroatoms. The van der Waals surface area contributed by atoms with Crippen molar-refractivity contribution in [2.45, 2.75) is 13.0 Å². The van der Waals surface area contributed by atoms with Gasteiger partial charge in [0, 0.05) is 16.9 Å². The van der Waals surface area contributed by atoms with Crippen molar-refractivity contribution >= 4 is 34.0 Å². The van der Waals surface area contributed by atoms with Crippen molar-refractivity contribution < 1.29 is 9.53 Å². The van der Waals surface area contributed by atoms with E-state index in [2.05, 4.69) is 10.3 Å². The molecule has 0 saturated carbocycles. The average molecular weight is 340 g/mol. The van der Waals surface area contributed by atoms with E-state index < -0.39 is 0 Å². The summed E-state index contributed by atoms with van der Waals surface area (Å²) >= 11 is 7.22. The second-order valence-electron chi connectivity index (χ2n) is 4.98. The van der Waals surface area contributed by atoms with E-state index in [1.54, 1.807) is 24.3 Å². The summed E-state index contributed by atoms with van der Waals surface area (Å²) in [7, 11) is 3.96. The molecule has 0 aliphatic heterocycles. The number of halogens is 1. The Morgan fingerprint density at radius 1 is 1.36 bits per heavy atom. The van der Waals surface area contributed by atoms with Gasteiger partial charge in [0.15, 0.2) is 5.13 Å². The summed E-state index contributed by atoms with van der Waals surface area (Å²) in [6.07, 6.45) is 0.269. The van der Waals surface area contributed by atoms with Crippen molar-refractivity contribution in [2.75, 3.05) is 26.0 Å². The van der Waals surface area contributed by atoms with Crippen LogP contribution in [0.2, 0.25) is 5.02 Å². The normalized spacial score (nSPS) is 10.7. The standard InChI is InChI=1S/C15H18ClN3O2S/c1-19(2)9-12-10-22-15(17-12)18-14(20)7-8-21-13-5-3-11(16)4-6-13/h3-6,10H,7-9H2,1-2H3,(H,17,18,20). The number of benzene rings is 1. The number of hydrogen-bond donors (Lipinski definition) is 1. The summed E-state index contributed by atoms with van der Waals surface area (Å²) in [5, 5.41) is 6.00. The third kappa shape index (κ3) is 5.63. The van der Waals surface area contributed by atoms with E-state index >= 15 is 0 Å². The molecule has 1 aromatic carbocycles. The Bertz CT molecular complexity index is 614. The second kappa shape index (κ2) is 8.12. The van der Waals surface area contributed by atoms with Crippen molar-refractivity contribution in [3.63, 3.8) is 0 Å². The molecule has 0 radical (unpaired) electrons. The lowest BCUT2D eigenvalue weighted by molar-refractivity contribution is -0.116. The fourth-order valence-corrected chi connectivity index (χ4v) is 2.58. The van der Waals surface area contributed by atoms with Crippen molar-refractivity contribution in [1.82, 2.24) is 9.88 Å². The van der Waals surface area contributed by atoms with E-state index in [1.165, 1.54) is 11.3 Å². The predicted octanol–water partition coefficient (Wildman–Crippen LogP) is 3.27. The van der Waals surface area contributed by atoms with E-state index in [0.29, 0.717) is 22.5 Å². The lowest BCUT2D eigenvalue weighted by atomic mass is 10.3. The second-order valence-corrected chi connectivity index (χ2v) is 6.28. The Hall–Kier alpha value is -1.63. The maximum Gasteiger partial charge on any atom is 0.229 e. The van der Waals surface area contributed by atoms with Gasteiger partial charge in [0.05, 0.1) is 18.7 Å². The summed E-state index contributed by atoms with van der Waals surface area (Å²) in [5.41, 5.74) is 0.947. The number of aromatic nitrogens is 1. The SMILES string of the molecule is CN(C)Cc1csc(NC(=O)CCOc2ccc(Cl)cc2)n1. The zero-order valence-electron chi connectivity index (χ0n) is 12.5. The van der Waals surface area contributed by atoms with Gasteiger partial charge in [0.2, 0.25) is 5.91 Å². The Kier molecular flexibility index (Phi) is 6.18. The average Bonchev–Trinajstić information content (AvgIpc) is 2.87. The summed E-state index contributed by atoms with van der Waals surface area (Å²) < 4.78 is 5.48. The molecular formula is C15H18ClN3O2S. The zero-order valence-corrected chi connectivity index (χ0v) is 14.1. The van der Waals surface area contributed by atoms with E-state index in [9.17, 15) is 4.79 Å².